The van der Waals surface area contributed by atoms with Crippen molar-refractivity contribution in [1.82, 2.24) is 4.90 Å². The van der Waals surface area contributed by atoms with E-state index in [1.165, 1.54) is 6.08 Å². The number of fused-ring (bicyclic) bond motifs is 1. The minimum Gasteiger partial charge on any atom is -0.333 e. The summed E-state index contributed by atoms with van der Waals surface area (Å²) < 4.78 is 0. The van der Waals surface area contributed by atoms with Gasteiger partial charge in [0, 0.05) is 18.3 Å². The highest BCUT2D eigenvalue weighted by Gasteiger charge is 2.10. The second kappa shape index (κ2) is 5.96. The Morgan fingerprint density at radius 2 is 1.95 bits per heavy atom. The van der Waals surface area contributed by atoms with E-state index in [-0.39, 0.29) is 0 Å². The van der Waals surface area contributed by atoms with Gasteiger partial charge in [-0.3, -0.25) is 10.2 Å². The molecule has 1 N–H and O–H groups in total. The van der Waals surface area contributed by atoms with Crippen molar-refractivity contribution in [3.05, 3.63) is 60.3 Å². The van der Waals surface area contributed by atoms with Crippen molar-refractivity contribution in [2.75, 3.05) is 6.54 Å². The highest BCUT2D eigenvalue weighted by molar-refractivity contribution is 6.08. The van der Waals surface area contributed by atoms with E-state index < -0.39 is 0 Å². The fraction of sp³-hybridized carbons (Fsp3) is 0.125. The molecule has 0 amide bonds. The van der Waals surface area contributed by atoms with E-state index in [0.29, 0.717) is 12.4 Å². The van der Waals surface area contributed by atoms with Crippen molar-refractivity contribution in [2.45, 2.75) is 6.92 Å². The van der Waals surface area contributed by atoms with Crippen LogP contribution in [0.25, 0.3) is 10.8 Å². The van der Waals surface area contributed by atoms with Gasteiger partial charge in [-0.25, -0.2) is 0 Å². The molecule has 2 rings (SSSR count). The maximum Gasteiger partial charge on any atom is 0.144 e. The molecule has 0 aromatic heterocycles. The first-order chi connectivity index (χ1) is 9.27. The molecule has 19 heavy (non-hydrogen) atoms. The van der Waals surface area contributed by atoms with Crippen LogP contribution in [0.3, 0.4) is 0 Å². The van der Waals surface area contributed by atoms with Crippen molar-refractivity contribution < 1.29 is 4.79 Å². The Hall–Kier alpha value is -2.42. The van der Waals surface area contributed by atoms with Crippen molar-refractivity contribution in [1.29, 1.82) is 5.41 Å². The number of allylic oxidation sites excluding steroid dienone is 1. The molecular weight excluding hydrogens is 236 g/mol. The van der Waals surface area contributed by atoms with Crippen LogP contribution in [-0.2, 0) is 4.79 Å². The molecule has 2 aromatic carbocycles. The zero-order chi connectivity index (χ0) is 13.7. The molecule has 0 aliphatic rings. The zero-order valence-corrected chi connectivity index (χ0v) is 10.8. The Balaban J connectivity index is 2.46. The summed E-state index contributed by atoms with van der Waals surface area (Å²) in [6.07, 6.45) is 3.76. The molecule has 0 saturated carbocycles. The van der Waals surface area contributed by atoms with Crippen LogP contribution in [0.15, 0.2) is 54.7 Å². The number of aldehydes is 1. The van der Waals surface area contributed by atoms with Crippen molar-refractivity contribution >= 4 is 22.9 Å². The van der Waals surface area contributed by atoms with Crippen molar-refractivity contribution in [3.8, 4) is 0 Å². The van der Waals surface area contributed by atoms with Gasteiger partial charge in [0.25, 0.3) is 0 Å². The van der Waals surface area contributed by atoms with E-state index >= 15 is 0 Å². The van der Waals surface area contributed by atoms with E-state index in [1.54, 1.807) is 11.1 Å². The van der Waals surface area contributed by atoms with E-state index in [0.717, 1.165) is 22.6 Å². The number of carbonyl (C=O) groups is 1. The molecule has 0 aliphatic carbocycles. The van der Waals surface area contributed by atoms with Gasteiger partial charge < -0.3 is 4.90 Å². The number of nitrogens with zero attached hydrogens (tertiary/aromatic N) is 1. The molecular formula is C16H16N2O. The van der Waals surface area contributed by atoms with Gasteiger partial charge in [0.2, 0.25) is 0 Å². The van der Waals surface area contributed by atoms with E-state index in [4.69, 9.17) is 5.41 Å². The molecule has 0 saturated heterocycles. The fourth-order valence-corrected chi connectivity index (χ4v) is 2.06. The summed E-state index contributed by atoms with van der Waals surface area (Å²) in [6, 6.07) is 13.9. The highest BCUT2D eigenvalue weighted by atomic mass is 16.1. The average Bonchev–Trinajstić information content (AvgIpc) is 2.47. The molecule has 0 radical (unpaired) electrons. The highest BCUT2D eigenvalue weighted by Crippen LogP contribution is 2.20. The maximum atomic E-state index is 10.4. The lowest BCUT2D eigenvalue weighted by molar-refractivity contribution is -0.104. The van der Waals surface area contributed by atoms with Crippen molar-refractivity contribution in [3.63, 3.8) is 0 Å². The number of benzene rings is 2. The first-order valence-electron chi connectivity index (χ1n) is 6.23. The third kappa shape index (κ3) is 2.71. The number of hydrogen-bond donors (Lipinski definition) is 1. The van der Waals surface area contributed by atoms with Crippen LogP contribution >= 0.6 is 0 Å². The molecule has 0 spiro atoms. The topological polar surface area (TPSA) is 44.2 Å². The smallest absolute Gasteiger partial charge is 0.144 e. The average molecular weight is 252 g/mol. The minimum absolute atomic E-state index is 0.400. The lowest BCUT2D eigenvalue weighted by atomic mass is 10.0. The lowest BCUT2D eigenvalue weighted by Gasteiger charge is -2.20. The minimum atomic E-state index is 0.400. The molecule has 0 aliphatic heterocycles. The summed E-state index contributed by atoms with van der Waals surface area (Å²) in [4.78, 5) is 12.2. The Labute approximate surface area is 112 Å². The number of carbonyl (C=O) groups excluding carboxylic acids is 1. The number of rotatable bonds is 4. The van der Waals surface area contributed by atoms with Crippen LogP contribution in [0.1, 0.15) is 12.5 Å². The summed E-state index contributed by atoms with van der Waals surface area (Å²) >= 11 is 0. The van der Waals surface area contributed by atoms with Gasteiger partial charge in [-0.15, -0.1) is 0 Å². The van der Waals surface area contributed by atoms with E-state index in [9.17, 15) is 4.79 Å². The largest absolute Gasteiger partial charge is 0.333 e. The second-order valence-electron chi connectivity index (χ2n) is 4.14. The normalized spacial score (nSPS) is 10.8. The number of nitrogens with one attached hydrogen (secondary N) is 1. The van der Waals surface area contributed by atoms with Crippen LogP contribution in [0.2, 0.25) is 0 Å². The quantitative estimate of drug-likeness (QED) is 0.393. The van der Waals surface area contributed by atoms with Gasteiger partial charge in [-0.1, -0.05) is 42.5 Å². The first kappa shape index (κ1) is 13.0. The molecule has 0 atom stereocenters. The summed E-state index contributed by atoms with van der Waals surface area (Å²) in [6.45, 7) is 2.60. The third-order valence-electron chi connectivity index (χ3n) is 3.02. The molecule has 3 heteroatoms. The Morgan fingerprint density at radius 3 is 2.68 bits per heavy atom. The van der Waals surface area contributed by atoms with Gasteiger partial charge in [-0.05, 0) is 23.8 Å². The Kier molecular flexibility index (Phi) is 4.08. The Bertz CT molecular complexity index is 626. The molecule has 0 unspecified atom stereocenters. The molecule has 96 valence electrons. The Morgan fingerprint density at radius 1 is 1.21 bits per heavy atom. The molecule has 0 fully saturated rings. The van der Waals surface area contributed by atoms with E-state index in [1.807, 2.05) is 49.4 Å². The predicted octanol–water partition coefficient (Wildman–Crippen LogP) is 3.20. The van der Waals surface area contributed by atoms with Gasteiger partial charge in [0.1, 0.15) is 12.1 Å². The first-order valence-corrected chi connectivity index (χ1v) is 6.23. The number of hydrogen-bond acceptors (Lipinski definition) is 2. The summed E-state index contributed by atoms with van der Waals surface area (Å²) in [5.41, 5.74) is 0.871. The molecule has 3 nitrogen and oxygen atoms in total. The summed E-state index contributed by atoms with van der Waals surface area (Å²) in [5.74, 6) is 0.400. The lowest BCUT2D eigenvalue weighted by Crippen LogP contribution is -2.25. The fourth-order valence-electron chi connectivity index (χ4n) is 2.06. The summed E-state index contributed by atoms with van der Waals surface area (Å²) in [5, 5.41) is 10.5. The summed E-state index contributed by atoms with van der Waals surface area (Å²) in [7, 11) is 0. The van der Waals surface area contributed by atoms with Gasteiger partial charge in [-0.2, -0.15) is 0 Å². The van der Waals surface area contributed by atoms with Gasteiger partial charge in [0.15, 0.2) is 0 Å². The predicted molar refractivity (Wildman–Crippen MR) is 78.4 cm³/mol. The third-order valence-corrected chi connectivity index (χ3v) is 3.02. The maximum absolute atomic E-state index is 10.4. The van der Waals surface area contributed by atoms with Gasteiger partial charge in [0.05, 0.1) is 0 Å². The van der Waals surface area contributed by atoms with Crippen LogP contribution in [0.5, 0.6) is 0 Å². The number of amidine groups is 1. The van der Waals surface area contributed by atoms with Crippen LogP contribution < -0.4 is 0 Å². The van der Waals surface area contributed by atoms with Crippen LogP contribution in [0, 0.1) is 5.41 Å². The molecule has 0 bridgehead atoms. The SMILES string of the molecule is CCN(/C=C/C=O)C(=N)c1cccc2ccccc12. The zero-order valence-electron chi connectivity index (χ0n) is 10.8. The van der Waals surface area contributed by atoms with Crippen LogP contribution in [-0.4, -0.2) is 23.6 Å². The monoisotopic (exact) mass is 252 g/mol. The second-order valence-corrected chi connectivity index (χ2v) is 4.14. The van der Waals surface area contributed by atoms with Gasteiger partial charge >= 0.3 is 0 Å². The molecule has 0 heterocycles. The van der Waals surface area contributed by atoms with Crippen LogP contribution in [0.4, 0.5) is 0 Å². The molecule has 2 aromatic rings. The van der Waals surface area contributed by atoms with E-state index in [2.05, 4.69) is 0 Å². The van der Waals surface area contributed by atoms with Crippen molar-refractivity contribution in [2.24, 2.45) is 0 Å². The standard InChI is InChI=1S/C16H16N2O/c1-2-18(11-6-12-19)16(17)15-10-5-8-13-7-3-4-9-14(13)15/h3-12,17H,2H2,1H3/b11-6+,17-16?.